The van der Waals surface area contributed by atoms with E-state index in [1.165, 1.54) is 6.07 Å². The molecule has 1 fully saturated rings. The number of hydrogen-bond acceptors (Lipinski definition) is 5. The fraction of sp³-hybridized carbons (Fsp3) is 0.538. The Balaban J connectivity index is 2.22. The van der Waals surface area contributed by atoms with Gasteiger partial charge in [0.05, 0.1) is 10.5 Å². The van der Waals surface area contributed by atoms with Crippen LogP contribution in [0.2, 0.25) is 0 Å². The second kappa shape index (κ2) is 5.85. The Labute approximate surface area is 116 Å². The van der Waals surface area contributed by atoms with E-state index < -0.39 is 4.92 Å². The van der Waals surface area contributed by atoms with E-state index in [1.54, 1.807) is 0 Å². The first-order valence-electron chi connectivity index (χ1n) is 6.72. The molecule has 7 nitrogen and oxygen atoms in total. The van der Waals surface area contributed by atoms with Gasteiger partial charge in [-0.15, -0.1) is 0 Å². The smallest absolute Gasteiger partial charge is 0.288 e. The van der Waals surface area contributed by atoms with Gasteiger partial charge in [-0.2, -0.15) is 0 Å². The van der Waals surface area contributed by atoms with Crippen LogP contribution in [0.5, 0.6) is 0 Å². The molecule has 1 aliphatic rings. The first-order valence-corrected chi connectivity index (χ1v) is 6.72. The molecule has 1 saturated carbocycles. The van der Waals surface area contributed by atoms with Crippen LogP contribution in [0.3, 0.4) is 0 Å². The zero-order valence-corrected chi connectivity index (χ0v) is 11.5. The average molecular weight is 278 g/mol. The lowest BCUT2D eigenvalue weighted by molar-refractivity contribution is -0.385. The van der Waals surface area contributed by atoms with Gasteiger partial charge in [-0.3, -0.25) is 14.9 Å². The van der Waals surface area contributed by atoms with Gasteiger partial charge in [0, 0.05) is 18.7 Å². The van der Waals surface area contributed by atoms with Crippen LogP contribution in [0.4, 0.5) is 11.5 Å². The van der Waals surface area contributed by atoms with E-state index in [0.29, 0.717) is 18.3 Å². The number of anilines is 1. The van der Waals surface area contributed by atoms with Crippen molar-refractivity contribution in [3.05, 3.63) is 27.9 Å². The molecule has 2 rings (SSSR count). The maximum Gasteiger partial charge on any atom is 0.288 e. The van der Waals surface area contributed by atoms with Gasteiger partial charge in [-0.05, 0) is 18.8 Å². The monoisotopic (exact) mass is 278 g/mol. The summed E-state index contributed by atoms with van der Waals surface area (Å²) < 4.78 is 0. The normalized spacial score (nSPS) is 20.3. The summed E-state index contributed by atoms with van der Waals surface area (Å²) in [6.07, 6.45) is 2.99. The zero-order chi connectivity index (χ0) is 14.7. The van der Waals surface area contributed by atoms with E-state index in [1.807, 2.05) is 13.8 Å². The maximum absolute atomic E-state index is 12.2. The van der Waals surface area contributed by atoms with Crippen molar-refractivity contribution in [3.63, 3.8) is 0 Å². The van der Waals surface area contributed by atoms with Crippen LogP contribution >= 0.6 is 0 Å². The maximum atomic E-state index is 12.2. The highest BCUT2D eigenvalue weighted by atomic mass is 16.6. The van der Waals surface area contributed by atoms with Crippen molar-refractivity contribution in [1.29, 1.82) is 0 Å². The molecule has 0 saturated heterocycles. The van der Waals surface area contributed by atoms with E-state index in [2.05, 4.69) is 15.6 Å². The number of carbonyl (C=O) groups excluding carboxylic acids is 1. The van der Waals surface area contributed by atoms with Gasteiger partial charge in [0.15, 0.2) is 0 Å². The van der Waals surface area contributed by atoms with Crippen molar-refractivity contribution >= 4 is 17.4 Å². The standard InChI is InChI=1S/C13H18N4O3/c1-3-4-14-12-10(6-9(7-15-12)17(19)20)13(18)16-11-5-8(11)2/h6-8,11H,3-5H2,1-2H3,(H,14,15)(H,16,18). The highest BCUT2D eigenvalue weighted by Crippen LogP contribution is 2.30. The second-order valence-corrected chi connectivity index (χ2v) is 5.07. The number of carbonyl (C=O) groups is 1. The summed E-state index contributed by atoms with van der Waals surface area (Å²) >= 11 is 0. The van der Waals surface area contributed by atoms with Gasteiger partial charge in [0.2, 0.25) is 0 Å². The fourth-order valence-corrected chi connectivity index (χ4v) is 1.88. The molecule has 1 aromatic heterocycles. The minimum Gasteiger partial charge on any atom is -0.369 e. The second-order valence-electron chi connectivity index (χ2n) is 5.07. The van der Waals surface area contributed by atoms with E-state index in [9.17, 15) is 14.9 Å². The molecule has 1 amide bonds. The number of nitro groups is 1. The molecule has 0 radical (unpaired) electrons. The molecule has 0 aromatic carbocycles. The van der Waals surface area contributed by atoms with Gasteiger partial charge in [0.25, 0.3) is 11.6 Å². The Morgan fingerprint density at radius 3 is 2.85 bits per heavy atom. The van der Waals surface area contributed by atoms with E-state index in [0.717, 1.165) is 19.0 Å². The highest BCUT2D eigenvalue weighted by Gasteiger charge is 2.34. The minimum absolute atomic E-state index is 0.167. The molecule has 2 atom stereocenters. The van der Waals surface area contributed by atoms with Crippen LogP contribution in [0.1, 0.15) is 37.0 Å². The summed E-state index contributed by atoms with van der Waals surface area (Å²) in [5.74, 6) is 0.551. The van der Waals surface area contributed by atoms with E-state index in [4.69, 9.17) is 0 Å². The summed E-state index contributed by atoms with van der Waals surface area (Å²) in [6.45, 7) is 4.70. The summed E-state index contributed by atoms with van der Waals surface area (Å²) in [4.78, 5) is 26.4. The lowest BCUT2D eigenvalue weighted by Crippen LogP contribution is -2.28. The molecule has 20 heavy (non-hydrogen) atoms. The topological polar surface area (TPSA) is 97.2 Å². The first-order chi connectivity index (χ1) is 9.52. The van der Waals surface area contributed by atoms with Crippen molar-refractivity contribution < 1.29 is 9.72 Å². The van der Waals surface area contributed by atoms with Gasteiger partial charge < -0.3 is 10.6 Å². The van der Waals surface area contributed by atoms with Gasteiger partial charge in [-0.1, -0.05) is 13.8 Å². The minimum atomic E-state index is -0.548. The Morgan fingerprint density at radius 1 is 1.60 bits per heavy atom. The molecule has 2 N–H and O–H groups in total. The number of nitrogens with zero attached hydrogens (tertiary/aromatic N) is 2. The van der Waals surface area contributed by atoms with Crippen molar-refractivity contribution in [1.82, 2.24) is 10.3 Å². The van der Waals surface area contributed by atoms with Crippen molar-refractivity contribution in [2.75, 3.05) is 11.9 Å². The molecule has 0 aliphatic heterocycles. The summed E-state index contributed by atoms with van der Waals surface area (Å²) in [6, 6.07) is 1.44. The third-order valence-electron chi connectivity index (χ3n) is 3.30. The SMILES string of the molecule is CCCNc1ncc([N+](=O)[O-])cc1C(=O)NC1CC1C. The molecule has 1 aliphatic carbocycles. The van der Waals surface area contributed by atoms with Crippen molar-refractivity contribution in [2.24, 2.45) is 5.92 Å². The summed E-state index contributed by atoms with van der Waals surface area (Å²) in [5, 5.41) is 16.7. The third kappa shape index (κ3) is 3.23. The number of rotatable bonds is 6. The molecular formula is C13H18N4O3. The number of hydrogen-bond donors (Lipinski definition) is 2. The largest absolute Gasteiger partial charge is 0.369 e. The van der Waals surface area contributed by atoms with Crippen LogP contribution in [-0.4, -0.2) is 28.4 Å². The van der Waals surface area contributed by atoms with Crippen LogP contribution in [0.15, 0.2) is 12.3 Å². The first kappa shape index (κ1) is 14.2. The highest BCUT2D eigenvalue weighted by molar-refractivity contribution is 5.99. The molecule has 0 spiro atoms. The quantitative estimate of drug-likeness (QED) is 0.612. The van der Waals surface area contributed by atoms with Crippen molar-refractivity contribution in [2.45, 2.75) is 32.7 Å². The Kier molecular flexibility index (Phi) is 4.16. The van der Waals surface area contributed by atoms with Gasteiger partial charge in [0.1, 0.15) is 12.0 Å². The molecule has 2 unspecified atom stereocenters. The Hall–Kier alpha value is -2.18. The van der Waals surface area contributed by atoms with Crippen molar-refractivity contribution in [3.8, 4) is 0 Å². The fourth-order valence-electron chi connectivity index (χ4n) is 1.88. The van der Waals surface area contributed by atoms with E-state index in [-0.39, 0.29) is 23.2 Å². The molecule has 7 heteroatoms. The number of pyridine rings is 1. The Morgan fingerprint density at radius 2 is 2.30 bits per heavy atom. The van der Waals surface area contributed by atoms with E-state index >= 15 is 0 Å². The van der Waals surface area contributed by atoms with Gasteiger partial charge >= 0.3 is 0 Å². The number of aromatic nitrogens is 1. The summed E-state index contributed by atoms with van der Waals surface area (Å²) in [7, 11) is 0. The lowest BCUT2D eigenvalue weighted by Gasteiger charge is -2.10. The van der Waals surface area contributed by atoms with Gasteiger partial charge in [-0.25, -0.2) is 4.98 Å². The Bertz CT molecular complexity index is 532. The molecular weight excluding hydrogens is 260 g/mol. The average Bonchev–Trinajstić information content (AvgIpc) is 3.11. The molecule has 108 valence electrons. The van der Waals surface area contributed by atoms with Crippen LogP contribution in [0, 0.1) is 16.0 Å². The lowest BCUT2D eigenvalue weighted by atomic mass is 10.2. The predicted molar refractivity (Wildman–Crippen MR) is 74.7 cm³/mol. The van der Waals surface area contributed by atoms with Crippen LogP contribution in [-0.2, 0) is 0 Å². The zero-order valence-electron chi connectivity index (χ0n) is 11.5. The number of nitrogens with one attached hydrogen (secondary N) is 2. The van der Waals surface area contributed by atoms with Crippen LogP contribution in [0.25, 0.3) is 0 Å². The summed E-state index contributed by atoms with van der Waals surface area (Å²) in [5.41, 5.74) is 0.0489. The molecule has 1 aromatic rings. The number of amides is 1. The van der Waals surface area contributed by atoms with Crippen LogP contribution < -0.4 is 10.6 Å². The molecule has 0 bridgehead atoms. The predicted octanol–water partition coefficient (Wildman–Crippen LogP) is 1.95. The third-order valence-corrected chi connectivity index (χ3v) is 3.30. The molecule has 1 heterocycles.